The maximum Gasteiger partial charge on any atom is 0.248 e. The van der Waals surface area contributed by atoms with E-state index in [1.807, 2.05) is 0 Å². The molecule has 0 aromatic heterocycles. The lowest BCUT2D eigenvalue weighted by Crippen LogP contribution is -2.30. The van der Waals surface area contributed by atoms with Crippen LogP contribution in [-0.4, -0.2) is 26.7 Å². The Labute approximate surface area is 125 Å². The molecule has 1 fully saturated rings. The van der Waals surface area contributed by atoms with Gasteiger partial charge in [-0.1, -0.05) is 0 Å². The lowest BCUT2D eigenvalue weighted by Gasteiger charge is -2.29. The molecule has 0 amide bonds. The molecule has 0 saturated heterocycles. The van der Waals surface area contributed by atoms with Crippen molar-refractivity contribution in [2.45, 2.75) is 42.6 Å². The van der Waals surface area contributed by atoms with Crippen molar-refractivity contribution in [1.82, 2.24) is 0 Å². The summed E-state index contributed by atoms with van der Waals surface area (Å²) in [7, 11) is -3.28. The van der Waals surface area contributed by atoms with Crippen LogP contribution in [0.3, 0.4) is 0 Å². The van der Waals surface area contributed by atoms with Crippen molar-refractivity contribution in [2.75, 3.05) is 6.26 Å². The first-order valence-corrected chi connectivity index (χ1v) is 8.90. The zero-order valence-corrected chi connectivity index (χ0v) is 13.3. The minimum absolute atomic E-state index is 0.170. The summed E-state index contributed by atoms with van der Waals surface area (Å²) in [6.07, 6.45) is 1.13. The van der Waals surface area contributed by atoms with Gasteiger partial charge in [0.25, 0.3) is 0 Å². The molecule has 3 nitrogen and oxygen atoms in total. The third-order valence-electron chi connectivity index (χ3n) is 3.29. The quantitative estimate of drug-likeness (QED) is 0.814. The van der Waals surface area contributed by atoms with Gasteiger partial charge in [-0.3, -0.25) is 0 Å². The molecule has 0 radical (unpaired) electrons. The predicted molar refractivity (Wildman–Crippen MR) is 75.1 cm³/mol. The molecule has 1 aromatic rings. The summed E-state index contributed by atoms with van der Waals surface area (Å²) < 4.78 is 55.1. The Morgan fingerprint density at radius 2 is 1.90 bits per heavy atom. The summed E-state index contributed by atoms with van der Waals surface area (Å²) in [6, 6.07) is 4.46. The van der Waals surface area contributed by atoms with Gasteiger partial charge in [0.1, 0.15) is 5.75 Å². The number of hydrogen-bond donors (Lipinski definition) is 0. The summed E-state index contributed by atoms with van der Waals surface area (Å²) in [6.45, 7) is 0. The number of hydrogen-bond acceptors (Lipinski definition) is 3. The van der Waals surface area contributed by atoms with Crippen LogP contribution < -0.4 is 4.74 Å². The molecular weight excluding hydrogens is 354 g/mol. The zero-order chi connectivity index (χ0) is 15.0. The highest BCUT2D eigenvalue weighted by molar-refractivity contribution is 9.10. The van der Waals surface area contributed by atoms with Crippen molar-refractivity contribution in [3.05, 3.63) is 22.7 Å². The van der Waals surface area contributed by atoms with Crippen LogP contribution in [0.25, 0.3) is 0 Å². The molecule has 20 heavy (non-hydrogen) atoms. The Morgan fingerprint density at radius 3 is 2.40 bits per heavy atom. The molecule has 0 spiro atoms. The Hall–Kier alpha value is -0.690. The number of ether oxygens (including phenoxy) is 1. The molecule has 1 saturated carbocycles. The van der Waals surface area contributed by atoms with Crippen molar-refractivity contribution < 1.29 is 21.9 Å². The SMILES string of the molecule is CS(=O)(=O)c1ccc(OC2CCC(F)(F)CC2)c(Br)c1. The molecule has 0 aliphatic heterocycles. The van der Waals surface area contributed by atoms with Crippen LogP contribution >= 0.6 is 15.9 Å². The first kappa shape index (κ1) is 15.7. The molecule has 1 aromatic carbocycles. The lowest BCUT2D eigenvalue weighted by atomic mass is 9.94. The Kier molecular flexibility index (Phi) is 4.39. The average molecular weight is 369 g/mol. The van der Waals surface area contributed by atoms with Crippen LogP contribution in [0.1, 0.15) is 25.7 Å². The van der Waals surface area contributed by atoms with E-state index in [0.717, 1.165) is 6.26 Å². The van der Waals surface area contributed by atoms with E-state index in [9.17, 15) is 17.2 Å². The van der Waals surface area contributed by atoms with E-state index in [2.05, 4.69) is 15.9 Å². The summed E-state index contributed by atoms with van der Waals surface area (Å²) >= 11 is 3.25. The van der Waals surface area contributed by atoms with Crippen molar-refractivity contribution in [1.29, 1.82) is 0 Å². The van der Waals surface area contributed by atoms with Gasteiger partial charge in [-0.15, -0.1) is 0 Å². The second-order valence-electron chi connectivity index (χ2n) is 5.04. The van der Waals surface area contributed by atoms with Gasteiger partial charge in [0, 0.05) is 19.1 Å². The maximum atomic E-state index is 13.0. The van der Waals surface area contributed by atoms with Crippen molar-refractivity contribution >= 4 is 25.8 Å². The van der Waals surface area contributed by atoms with E-state index in [1.165, 1.54) is 12.1 Å². The predicted octanol–water partition coefficient (Wildman–Crippen LogP) is 3.81. The number of halogens is 3. The molecule has 0 heterocycles. The highest BCUT2D eigenvalue weighted by atomic mass is 79.9. The van der Waals surface area contributed by atoms with Crippen LogP contribution in [0.15, 0.2) is 27.6 Å². The van der Waals surface area contributed by atoms with Gasteiger partial charge in [-0.25, -0.2) is 17.2 Å². The fraction of sp³-hybridized carbons (Fsp3) is 0.538. The van der Waals surface area contributed by atoms with Crippen molar-refractivity contribution in [2.24, 2.45) is 0 Å². The molecule has 1 aliphatic carbocycles. The number of benzene rings is 1. The molecule has 0 unspecified atom stereocenters. The second kappa shape index (κ2) is 5.60. The zero-order valence-electron chi connectivity index (χ0n) is 10.9. The standard InChI is InChI=1S/C13H15BrF2O3S/c1-20(17,18)10-2-3-12(11(14)8-10)19-9-4-6-13(15,16)7-5-9/h2-3,8-9H,4-7H2,1H3. The van der Waals surface area contributed by atoms with Gasteiger partial charge >= 0.3 is 0 Å². The summed E-state index contributed by atoms with van der Waals surface area (Å²) in [5, 5.41) is 0. The van der Waals surface area contributed by atoms with Crippen LogP contribution in [-0.2, 0) is 9.84 Å². The van der Waals surface area contributed by atoms with Gasteiger partial charge in [0.15, 0.2) is 9.84 Å². The van der Waals surface area contributed by atoms with Crippen molar-refractivity contribution in [3.63, 3.8) is 0 Å². The first-order chi connectivity index (χ1) is 9.17. The fourth-order valence-corrected chi connectivity index (χ4v) is 3.39. The number of rotatable bonds is 3. The van der Waals surface area contributed by atoms with Crippen LogP contribution in [0.5, 0.6) is 5.75 Å². The monoisotopic (exact) mass is 368 g/mol. The summed E-state index contributed by atoms with van der Waals surface area (Å²) in [5.41, 5.74) is 0. The molecule has 7 heteroatoms. The smallest absolute Gasteiger partial charge is 0.248 e. The minimum Gasteiger partial charge on any atom is -0.489 e. The molecule has 112 valence electrons. The average Bonchev–Trinajstić information content (AvgIpc) is 2.33. The number of alkyl halides is 2. The molecular formula is C13H15BrF2O3S. The molecule has 0 bridgehead atoms. The Balaban J connectivity index is 2.08. The maximum absolute atomic E-state index is 13.0. The van der Waals surface area contributed by atoms with E-state index in [4.69, 9.17) is 4.74 Å². The molecule has 2 rings (SSSR count). The second-order valence-corrected chi connectivity index (χ2v) is 7.91. The molecule has 0 atom stereocenters. The molecule has 0 N–H and O–H groups in total. The number of sulfone groups is 1. The van der Waals surface area contributed by atoms with Crippen molar-refractivity contribution in [3.8, 4) is 5.75 Å². The van der Waals surface area contributed by atoms with E-state index < -0.39 is 15.8 Å². The van der Waals surface area contributed by atoms with E-state index in [1.54, 1.807) is 6.07 Å². The fourth-order valence-electron chi connectivity index (χ4n) is 2.12. The van der Waals surface area contributed by atoms with Crippen LogP contribution in [0, 0.1) is 0 Å². The first-order valence-electron chi connectivity index (χ1n) is 6.21. The third-order valence-corrected chi connectivity index (χ3v) is 5.02. The van der Waals surface area contributed by atoms with Gasteiger partial charge in [-0.05, 0) is 47.0 Å². The molecule has 1 aliphatic rings. The Morgan fingerprint density at radius 1 is 1.30 bits per heavy atom. The third kappa shape index (κ3) is 3.91. The van der Waals surface area contributed by atoms with E-state index in [0.29, 0.717) is 23.1 Å². The van der Waals surface area contributed by atoms with E-state index in [-0.39, 0.29) is 23.8 Å². The van der Waals surface area contributed by atoms with Crippen LogP contribution in [0.4, 0.5) is 8.78 Å². The highest BCUT2D eigenvalue weighted by Gasteiger charge is 2.35. The summed E-state index contributed by atoms with van der Waals surface area (Å²) in [5.74, 6) is -2.11. The van der Waals surface area contributed by atoms with Gasteiger partial charge in [-0.2, -0.15) is 0 Å². The largest absolute Gasteiger partial charge is 0.489 e. The van der Waals surface area contributed by atoms with Gasteiger partial charge < -0.3 is 4.74 Å². The minimum atomic E-state index is -3.28. The topological polar surface area (TPSA) is 43.4 Å². The van der Waals surface area contributed by atoms with Gasteiger partial charge in [0.2, 0.25) is 5.92 Å². The van der Waals surface area contributed by atoms with E-state index >= 15 is 0 Å². The normalized spacial score (nSPS) is 19.8. The highest BCUT2D eigenvalue weighted by Crippen LogP contribution is 2.36. The lowest BCUT2D eigenvalue weighted by molar-refractivity contribution is -0.0583. The Bertz CT molecular complexity index is 592. The summed E-state index contributed by atoms with van der Waals surface area (Å²) in [4.78, 5) is 0.187. The van der Waals surface area contributed by atoms with Gasteiger partial charge in [0.05, 0.1) is 15.5 Å². The van der Waals surface area contributed by atoms with Crippen LogP contribution in [0.2, 0.25) is 0 Å².